The van der Waals surface area contributed by atoms with E-state index in [0.29, 0.717) is 30.4 Å². The van der Waals surface area contributed by atoms with Gasteiger partial charge in [-0.1, -0.05) is 35.0 Å². The molecule has 0 aliphatic heterocycles. The molecule has 5 nitrogen and oxygen atoms in total. The van der Waals surface area contributed by atoms with Crippen molar-refractivity contribution < 1.29 is 9.63 Å². The van der Waals surface area contributed by atoms with E-state index in [0.717, 1.165) is 5.56 Å². The van der Waals surface area contributed by atoms with Crippen molar-refractivity contribution >= 4 is 11.6 Å². The SMILES string of the molecule is OC(CNCCc1ncno1)c1ccccc1Cl. The molecule has 18 heavy (non-hydrogen) atoms. The third-order valence-corrected chi connectivity index (χ3v) is 2.87. The molecule has 0 amide bonds. The van der Waals surface area contributed by atoms with Gasteiger partial charge in [-0.3, -0.25) is 0 Å². The second-order valence-corrected chi connectivity index (χ2v) is 4.23. The molecule has 2 N–H and O–H groups in total. The van der Waals surface area contributed by atoms with Crippen molar-refractivity contribution in [2.75, 3.05) is 13.1 Å². The maximum absolute atomic E-state index is 9.96. The maximum atomic E-state index is 9.96. The summed E-state index contributed by atoms with van der Waals surface area (Å²) in [5, 5.41) is 17.2. The largest absolute Gasteiger partial charge is 0.387 e. The van der Waals surface area contributed by atoms with Crippen LogP contribution in [0.4, 0.5) is 0 Å². The van der Waals surface area contributed by atoms with Crippen molar-refractivity contribution in [1.82, 2.24) is 15.5 Å². The van der Waals surface area contributed by atoms with E-state index in [1.165, 1.54) is 6.33 Å². The molecular formula is C12H14ClN3O2. The van der Waals surface area contributed by atoms with Gasteiger partial charge in [0.25, 0.3) is 0 Å². The zero-order chi connectivity index (χ0) is 12.8. The highest BCUT2D eigenvalue weighted by atomic mass is 35.5. The lowest BCUT2D eigenvalue weighted by Crippen LogP contribution is -2.24. The average Bonchev–Trinajstić information content (AvgIpc) is 2.88. The number of hydrogen-bond acceptors (Lipinski definition) is 5. The number of halogens is 1. The van der Waals surface area contributed by atoms with E-state index in [-0.39, 0.29) is 0 Å². The molecule has 1 aromatic carbocycles. The summed E-state index contributed by atoms with van der Waals surface area (Å²) in [6, 6.07) is 7.26. The molecule has 0 saturated heterocycles. The highest BCUT2D eigenvalue weighted by Gasteiger charge is 2.10. The normalized spacial score (nSPS) is 12.6. The summed E-state index contributed by atoms with van der Waals surface area (Å²) < 4.78 is 4.86. The number of hydrogen-bond donors (Lipinski definition) is 2. The van der Waals surface area contributed by atoms with Crippen molar-refractivity contribution in [3.05, 3.63) is 47.1 Å². The van der Waals surface area contributed by atoms with Crippen LogP contribution in [0.2, 0.25) is 5.02 Å². The minimum absolute atomic E-state index is 0.428. The number of aliphatic hydroxyl groups is 1. The predicted octanol–water partition coefficient (Wildman–Crippen LogP) is 1.59. The number of benzene rings is 1. The van der Waals surface area contributed by atoms with Gasteiger partial charge in [0.05, 0.1) is 6.10 Å². The maximum Gasteiger partial charge on any atom is 0.227 e. The second-order valence-electron chi connectivity index (χ2n) is 3.83. The Morgan fingerprint density at radius 2 is 2.22 bits per heavy atom. The number of nitrogens with zero attached hydrogens (tertiary/aromatic N) is 2. The van der Waals surface area contributed by atoms with E-state index in [2.05, 4.69) is 15.5 Å². The van der Waals surface area contributed by atoms with E-state index >= 15 is 0 Å². The van der Waals surface area contributed by atoms with Crippen molar-refractivity contribution in [3.63, 3.8) is 0 Å². The molecule has 96 valence electrons. The fourth-order valence-electron chi connectivity index (χ4n) is 1.60. The Labute approximate surface area is 110 Å². The summed E-state index contributed by atoms with van der Waals surface area (Å²) >= 11 is 5.99. The molecule has 0 radical (unpaired) electrons. The summed E-state index contributed by atoms with van der Waals surface area (Å²) in [4.78, 5) is 3.90. The molecule has 1 unspecified atom stereocenters. The predicted molar refractivity (Wildman–Crippen MR) is 67.3 cm³/mol. The van der Waals surface area contributed by atoms with Crippen LogP contribution in [-0.2, 0) is 6.42 Å². The monoisotopic (exact) mass is 267 g/mol. The van der Waals surface area contributed by atoms with Gasteiger partial charge < -0.3 is 14.9 Å². The molecular weight excluding hydrogens is 254 g/mol. The van der Waals surface area contributed by atoms with Gasteiger partial charge in [0.1, 0.15) is 0 Å². The summed E-state index contributed by atoms with van der Waals surface area (Å²) in [7, 11) is 0. The lowest BCUT2D eigenvalue weighted by molar-refractivity contribution is 0.175. The van der Waals surface area contributed by atoms with Crippen LogP contribution in [0, 0.1) is 0 Å². The van der Waals surface area contributed by atoms with Crippen LogP contribution in [0.1, 0.15) is 17.6 Å². The molecule has 1 heterocycles. The van der Waals surface area contributed by atoms with Gasteiger partial charge in [0.15, 0.2) is 6.33 Å². The lowest BCUT2D eigenvalue weighted by Gasteiger charge is -2.13. The minimum atomic E-state index is -0.624. The van der Waals surface area contributed by atoms with Crippen molar-refractivity contribution in [2.45, 2.75) is 12.5 Å². The highest BCUT2D eigenvalue weighted by molar-refractivity contribution is 6.31. The fourth-order valence-corrected chi connectivity index (χ4v) is 1.86. The Morgan fingerprint density at radius 1 is 1.39 bits per heavy atom. The molecule has 0 aliphatic carbocycles. The highest BCUT2D eigenvalue weighted by Crippen LogP contribution is 2.21. The molecule has 6 heteroatoms. The number of nitrogens with one attached hydrogen (secondary N) is 1. The van der Waals surface area contributed by atoms with E-state index in [9.17, 15) is 5.11 Å². The molecule has 0 saturated carbocycles. The van der Waals surface area contributed by atoms with E-state index in [1.807, 2.05) is 18.2 Å². The standard InChI is InChI=1S/C12H14ClN3O2/c13-10-4-2-1-3-9(10)11(17)7-14-6-5-12-15-8-16-18-12/h1-4,8,11,14,17H,5-7H2. The third-order valence-electron chi connectivity index (χ3n) is 2.52. The summed E-state index contributed by atoms with van der Waals surface area (Å²) in [5.74, 6) is 0.578. The van der Waals surface area contributed by atoms with Crippen molar-refractivity contribution in [2.24, 2.45) is 0 Å². The smallest absolute Gasteiger partial charge is 0.227 e. The fraction of sp³-hybridized carbons (Fsp3) is 0.333. The quantitative estimate of drug-likeness (QED) is 0.778. The van der Waals surface area contributed by atoms with Gasteiger partial charge in [0.2, 0.25) is 5.89 Å². The lowest BCUT2D eigenvalue weighted by atomic mass is 10.1. The van der Waals surface area contributed by atoms with E-state index in [4.69, 9.17) is 16.1 Å². The van der Waals surface area contributed by atoms with Gasteiger partial charge in [-0.15, -0.1) is 0 Å². The molecule has 0 spiro atoms. The van der Waals surface area contributed by atoms with Crippen LogP contribution in [0.5, 0.6) is 0 Å². The first-order chi connectivity index (χ1) is 8.77. The van der Waals surface area contributed by atoms with Gasteiger partial charge in [-0.05, 0) is 6.07 Å². The Hall–Kier alpha value is -1.43. The molecule has 2 aromatic rings. The molecule has 1 aromatic heterocycles. The van der Waals surface area contributed by atoms with Gasteiger partial charge in [0, 0.05) is 30.1 Å². The van der Waals surface area contributed by atoms with Crippen LogP contribution in [0.3, 0.4) is 0 Å². The topological polar surface area (TPSA) is 71.2 Å². The van der Waals surface area contributed by atoms with Crippen LogP contribution >= 0.6 is 11.6 Å². The Morgan fingerprint density at radius 3 is 2.94 bits per heavy atom. The Kier molecular flexibility index (Phi) is 4.69. The summed E-state index contributed by atoms with van der Waals surface area (Å²) in [6.45, 7) is 1.08. The zero-order valence-electron chi connectivity index (χ0n) is 9.71. The van der Waals surface area contributed by atoms with Gasteiger partial charge in [-0.25, -0.2) is 0 Å². The number of aromatic nitrogens is 2. The molecule has 1 atom stereocenters. The first-order valence-corrected chi connectivity index (χ1v) is 6.04. The number of rotatable bonds is 6. The number of aliphatic hydroxyl groups excluding tert-OH is 1. The van der Waals surface area contributed by atoms with Crippen molar-refractivity contribution in [1.29, 1.82) is 0 Å². The van der Waals surface area contributed by atoms with Crippen LogP contribution in [-0.4, -0.2) is 28.3 Å². The second kappa shape index (κ2) is 6.49. The Balaban J connectivity index is 1.75. The summed E-state index contributed by atoms with van der Waals surface area (Å²) in [6.07, 6.45) is 1.38. The van der Waals surface area contributed by atoms with E-state index < -0.39 is 6.10 Å². The first kappa shape index (κ1) is 13.0. The summed E-state index contributed by atoms with van der Waals surface area (Å²) in [5.41, 5.74) is 0.726. The third kappa shape index (κ3) is 3.53. The zero-order valence-corrected chi connectivity index (χ0v) is 10.5. The molecule has 0 fully saturated rings. The minimum Gasteiger partial charge on any atom is -0.387 e. The first-order valence-electron chi connectivity index (χ1n) is 5.66. The molecule has 0 bridgehead atoms. The molecule has 0 aliphatic rings. The molecule has 2 rings (SSSR count). The van der Waals surface area contributed by atoms with Gasteiger partial charge >= 0.3 is 0 Å². The van der Waals surface area contributed by atoms with Crippen LogP contribution in [0.25, 0.3) is 0 Å². The van der Waals surface area contributed by atoms with Crippen LogP contribution < -0.4 is 5.32 Å². The average molecular weight is 268 g/mol. The van der Waals surface area contributed by atoms with E-state index in [1.54, 1.807) is 6.07 Å². The van der Waals surface area contributed by atoms with Crippen molar-refractivity contribution in [3.8, 4) is 0 Å². The van der Waals surface area contributed by atoms with Crippen LogP contribution in [0.15, 0.2) is 35.1 Å². The van der Waals surface area contributed by atoms with Gasteiger partial charge in [-0.2, -0.15) is 4.98 Å². The Bertz CT molecular complexity index is 476.